The normalized spacial score (nSPS) is 10.6. The number of aryl methyl sites for hydroxylation is 1. The van der Waals surface area contributed by atoms with Crippen molar-refractivity contribution in [3.05, 3.63) is 58.9 Å². The number of aromatic nitrogens is 2. The quantitative estimate of drug-likeness (QED) is 0.786. The van der Waals surface area contributed by atoms with E-state index in [9.17, 15) is 4.79 Å². The molecular weight excluding hydrogens is 298 g/mol. The topological polar surface area (TPSA) is 68.0 Å². The third kappa shape index (κ3) is 3.07. The van der Waals surface area contributed by atoms with Crippen molar-refractivity contribution in [3.8, 4) is 10.6 Å². The molecule has 0 saturated heterocycles. The van der Waals surface area contributed by atoms with E-state index < -0.39 is 0 Å². The van der Waals surface area contributed by atoms with Crippen molar-refractivity contribution in [1.82, 2.24) is 15.5 Å². The van der Waals surface area contributed by atoms with Crippen LogP contribution in [0.2, 0.25) is 0 Å². The highest BCUT2D eigenvalue weighted by atomic mass is 32.1. The lowest BCUT2D eigenvalue weighted by Gasteiger charge is -2.05. The SMILES string of the molecule is Cc1noc(-c2cccs2)c1C(=O)NCCc1ccncc1. The zero-order chi connectivity index (χ0) is 15.4. The first-order chi connectivity index (χ1) is 10.8. The molecule has 0 bridgehead atoms. The summed E-state index contributed by atoms with van der Waals surface area (Å²) in [6, 6.07) is 7.71. The predicted octanol–water partition coefficient (Wildman–Crippen LogP) is 3.08. The molecule has 6 heteroatoms. The fourth-order valence-corrected chi connectivity index (χ4v) is 2.88. The summed E-state index contributed by atoms with van der Waals surface area (Å²) in [5.74, 6) is 0.380. The lowest BCUT2D eigenvalue weighted by Crippen LogP contribution is -2.26. The van der Waals surface area contributed by atoms with E-state index in [4.69, 9.17) is 4.52 Å². The van der Waals surface area contributed by atoms with Crippen molar-refractivity contribution in [2.75, 3.05) is 6.54 Å². The molecule has 0 aliphatic rings. The molecule has 3 aromatic rings. The molecule has 3 heterocycles. The van der Waals surface area contributed by atoms with E-state index >= 15 is 0 Å². The fourth-order valence-electron chi connectivity index (χ4n) is 2.17. The van der Waals surface area contributed by atoms with Gasteiger partial charge in [0.15, 0.2) is 5.76 Å². The van der Waals surface area contributed by atoms with Crippen molar-refractivity contribution in [1.29, 1.82) is 0 Å². The molecule has 5 nitrogen and oxygen atoms in total. The van der Waals surface area contributed by atoms with Gasteiger partial charge >= 0.3 is 0 Å². The van der Waals surface area contributed by atoms with Gasteiger partial charge in [0.05, 0.1) is 10.6 Å². The number of nitrogens with one attached hydrogen (secondary N) is 1. The molecule has 0 aliphatic heterocycles. The van der Waals surface area contributed by atoms with Gasteiger partial charge in [-0.2, -0.15) is 0 Å². The van der Waals surface area contributed by atoms with Gasteiger partial charge in [0.2, 0.25) is 0 Å². The summed E-state index contributed by atoms with van der Waals surface area (Å²) in [5.41, 5.74) is 2.25. The average Bonchev–Trinajstić information content (AvgIpc) is 3.17. The Bertz CT molecular complexity index is 751. The van der Waals surface area contributed by atoms with E-state index in [-0.39, 0.29) is 5.91 Å². The summed E-state index contributed by atoms with van der Waals surface area (Å²) in [4.78, 5) is 17.3. The first kappa shape index (κ1) is 14.5. The van der Waals surface area contributed by atoms with Crippen LogP contribution in [0, 0.1) is 6.92 Å². The number of carbonyl (C=O) groups is 1. The molecule has 0 aliphatic carbocycles. The molecule has 112 valence electrons. The number of hydrogen-bond donors (Lipinski definition) is 1. The highest BCUT2D eigenvalue weighted by Crippen LogP contribution is 2.29. The highest BCUT2D eigenvalue weighted by Gasteiger charge is 2.21. The summed E-state index contributed by atoms with van der Waals surface area (Å²) < 4.78 is 5.32. The lowest BCUT2D eigenvalue weighted by atomic mass is 10.1. The van der Waals surface area contributed by atoms with Crippen LogP contribution in [-0.4, -0.2) is 22.6 Å². The largest absolute Gasteiger partial charge is 0.354 e. The molecule has 0 spiro atoms. The van der Waals surface area contributed by atoms with Gasteiger partial charge in [-0.05, 0) is 42.5 Å². The van der Waals surface area contributed by atoms with Crippen LogP contribution in [0.5, 0.6) is 0 Å². The number of nitrogens with zero attached hydrogens (tertiary/aromatic N) is 2. The van der Waals surface area contributed by atoms with Crippen LogP contribution in [0.15, 0.2) is 46.6 Å². The monoisotopic (exact) mass is 313 g/mol. The zero-order valence-electron chi connectivity index (χ0n) is 12.1. The number of thiophene rings is 1. The Morgan fingerprint density at radius 1 is 1.32 bits per heavy atom. The Balaban J connectivity index is 1.69. The van der Waals surface area contributed by atoms with Crippen LogP contribution in [-0.2, 0) is 6.42 Å². The Labute approximate surface area is 132 Å². The molecule has 0 saturated carbocycles. The Morgan fingerprint density at radius 2 is 2.14 bits per heavy atom. The molecule has 0 aromatic carbocycles. The Hall–Kier alpha value is -2.47. The minimum atomic E-state index is -0.156. The molecule has 0 radical (unpaired) electrons. The van der Waals surface area contributed by atoms with Crippen molar-refractivity contribution in [3.63, 3.8) is 0 Å². The first-order valence-corrected chi connectivity index (χ1v) is 7.81. The molecule has 22 heavy (non-hydrogen) atoms. The van der Waals surface area contributed by atoms with E-state index in [1.807, 2.05) is 29.6 Å². The second-order valence-electron chi connectivity index (χ2n) is 4.81. The molecule has 0 atom stereocenters. The van der Waals surface area contributed by atoms with Crippen LogP contribution in [0.4, 0.5) is 0 Å². The van der Waals surface area contributed by atoms with Gasteiger partial charge in [-0.3, -0.25) is 9.78 Å². The molecule has 1 N–H and O–H groups in total. The molecule has 0 unspecified atom stereocenters. The van der Waals surface area contributed by atoms with E-state index in [0.29, 0.717) is 23.6 Å². The second-order valence-corrected chi connectivity index (χ2v) is 5.76. The summed E-state index contributed by atoms with van der Waals surface area (Å²) in [6.45, 7) is 2.33. The van der Waals surface area contributed by atoms with Crippen molar-refractivity contribution >= 4 is 17.2 Å². The van der Waals surface area contributed by atoms with Crippen molar-refractivity contribution in [2.45, 2.75) is 13.3 Å². The van der Waals surface area contributed by atoms with Crippen LogP contribution < -0.4 is 5.32 Å². The Kier molecular flexibility index (Phi) is 4.29. The van der Waals surface area contributed by atoms with Crippen molar-refractivity contribution < 1.29 is 9.32 Å². The number of amides is 1. The Morgan fingerprint density at radius 3 is 2.86 bits per heavy atom. The van der Waals surface area contributed by atoms with Crippen LogP contribution in [0.3, 0.4) is 0 Å². The van der Waals surface area contributed by atoms with Gasteiger partial charge in [0.1, 0.15) is 5.56 Å². The maximum absolute atomic E-state index is 12.4. The van der Waals surface area contributed by atoms with E-state index in [1.54, 1.807) is 19.3 Å². The number of rotatable bonds is 5. The third-order valence-electron chi connectivity index (χ3n) is 3.28. The summed E-state index contributed by atoms with van der Waals surface area (Å²) in [6.07, 6.45) is 4.25. The van der Waals surface area contributed by atoms with Gasteiger partial charge < -0.3 is 9.84 Å². The number of carbonyl (C=O) groups excluding carboxylic acids is 1. The maximum Gasteiger partial charge on any atom is 0.257 e. The van der Waals surface area contributed by atoms with Crippen LogP contribution in [0.1, 0.15) is 21.6 Å². The van der Waals surface area contributed by atoms with Gasteiger partial charge in [-0.1, -0.05) is 11.2 Å². The van der Waals surface area contributed by atoms with E-state index in [2.05, 4.69) is 15.5 Å². The maximum atomic E-state index is 12.4. The molecule has 3 rings (SSSR count). The first-order valence-electron chi connectivity index (χ1n) is 6.93. The summed E-state index contributed by atoms with van der Waals surface area (Å²) in [5, 5.41) is 8.79. The zero-order valence-corrected chi connectivity index (χ0v) is 12.9. The molecule has 3 aromatic heterocycles. The molecule has 0 fully saturated rings. The number of pyridine rings is 1. The minimum Gasteiger partial charge on any atom is -0.354 e. The van der Waals surface area contributed by atoms with E-state index in [0.717, 1.165) is 16.9 Å². The van der Waals surface area contributed by atoms with Crippen LogP contribution in [0.25, 0.3) is 10.6 Å². The highest BCUT2D eigenvalue weighted by molar-refractivity contribution is 7.13. The summed E-state index contributed by atoms with van der Waals surface area (Å²) >= 11 is 1.52. The number of hydrogen-bond acceptors (Lipinski definition) is 5. The molecule has 1 amide bonds. The average molecular weight is 313 g/mol. The molecular formula is C16H15N3O2S. The smallest absolute Gasteiger partial charge is 0.257 e. The van der Waals surface area contributed by atoms with E-state index in [1.165, 1.54) is 11.3 Å². The summed E-state index contributed by atoms with van der Waals surface area (Å²) in [7, 11) is 0. The minimum absolute atomic E-state index is 0.156. The van der Waals surface area contributed by atoms with Crippen molar-refractivity contribution in [2.24, 2.45) is 0 Å². The third-order valence-corrected chi connectivity index (χ3v) is 4.15. The van der Waals surface area contributed by atoms with Gasteiger partial charge in [0.25, 0.3) is 5.91 Å². The fraction of sp³-hybridized carbons (Fsp3) is 0.188. The predicted molar refractivity (Wildman–Crippen MR) is 84.8 cm³/mol. The van der Waals surface area contributed by atoms with Crippen LogP contribution >= 0.6 is 11.3 Å². The van der Waals surface area contributed by atoms with Gasteiger partial charge in [-0.15, -0.1) is 11.3 Å². The second kappa shape index (κ2) is 6.53. The lowest BCUT2D eigenvalue weighted by molar-refractivity contribution is 0.0954. The van der Waals surface area contributed by atoms with Gasteiger partial charge in [-0.25, -0.2) is 0 Å². The van der Waals surface area contributed by atoms with Gasteiger partial charge in [0, 0.05) is 18.9 Å². The standard InChI is InChI=1S/C16H15N3O2S/c1-11-14(15(21-19-11)13-3-2-10-22-13)16(20)18-9-6-12-4-7-17-8-5-12/h2-5,7-8,10H,6,9H2,1H3,(H,18,20).